The van der Waals surface area contributed by atoms with Crippen molar-refractivity contribution < 1.29 is 9.84 Å². The number of hydrogen-bond acceptors (Lipinski definition) is 3. The van der Waals surface area contributed by atoms with Crippen LogP contribution in [0.1, 0.15) is 39.0 Å². The van der Waals surface area contributed by atoms with Crippen LogP contribution in [0.25, 0.3) is 0 Å². The highest BCUT2D eigenvalue weighted by Gasteiger charge is 2.12. The molecule has 14 heavy (non-hydrogen) atoms. The number of nitrogens with one attached hydrogen (secondary N) is 1. The molecular weight excluding hydrogens is 178 g/mol. The first-order valence-corrected chi connectivity index (χ1v) is 5.82. The van der Waals surface area contributed by atoms with Crippen LogP contribution in [0.4, 0.5) is 0 Å². The molecule has 2 unspecified atom stereocenters. The fourth-order valence-corrected chi connectivity index (χ4v) is 1.75. The van der Waals surface area contributed by atoms with Crippen molar-refractivity contribution in [3.63, 3.8) is 0 Å². The van der Waals surface area contributed by atoms with Gasteiger partial charge in [-0.3, -0.25) is 0 Å². The summed E-state index contributed by atoms with van der Waals surface area (Å²) in [6.07, 6.45) is 5.14. The summed E-state index contributed by atoms with van der Waals surface area (Å²) < 4.78 is 5.37. The highest BCUT2D eigenvalue weighted by Crippen LogP contribution is 2.06. The molecule has 2 N–H and O–H groups in total. The van der Waals surface area contributed by atoms with Crippen LogP contribution in [0.5, 0.6) is 0 Å². The Labute approximate surface area is 86.8 Å². The Kier molecular flexibility index (Phi) is 6.15. The van der Waals surface area contributed by atoms with Crippen LogP contribution in [0.2, 0.25) is 0 Å². The van der Waals surface area contributed by atoms with Gasteiger partial charge >= 0.3 is 0 Å². The van der Waals surface area contributed by atoms with E-state index in [4.69, 9.17) is 4.74 Å². The third-order valence-electron chi connectivity index (χ3n) is 2.78. The van der Waals surface area contributed by atoms with Gasteiger partial charge in [0.2, 0.25) is 0 Å². The first-order chi connectivity index (χ1) is 6.83. The molecule has 1 rings (SSSR count). The predicted octanol–water partition coefficient (Wildman–Crippen LogP) is 1.31. The van der Waals surface area contributed by atoms with E-state index in [0.717, 1.165) is 39.0 Å². The van der Waals surface area contributed by atoms with Crippen LogP contribution in [0, 0.1) is 0 Å². The fourth-order valence-electron chi connectivity index (χ4n) is 1.75. The van der Waals surface area contributed by atoms with Crippen molar-refractivity contribution in [2.45, 2.75) is 51.2 Å². The summed E-state index contributed by atoms with van der Waals surface area (Å²) in [5, 5.41) is 12.8. The van der Waals surface area contributed by atoms with Crippen molar-refractivity contribution in [1.82, 2.24) is 5.32 Å². The van der Waals surface area contributed by atoms with Crippen LogP contribution >= 0.6 is 0 Å². The molecule has 3 nitrogen and oxygen atoms in total. The number of ether oxygens (including phenoxy) is 1. The third kappa shape index (κ3) is 4.94. The number of rotatable bonds is 6. The van der Waals surface area contributed by atoms with Crippen molar-refractivity contribution in [3.8, 4) is 0 Å². The molecule has 0 aliphatic carbocycles. The summed E-state index contributed by atoms with van der Waals surface area (Å²) in [5.74, 6) is 0. The van der Waals surface area contributed by atoms with Crippen molar-refractivity contribution >= 4 is 0 Å². The van der Waals surface area contributed by atoms with E-state index in [0.29, 0.717) is 6.04 Å². The summed E-state index contributed by atoms with van der Waals surface area (Å²) in [7, 11) is 0. The summed E-state index contributed by atoms with van der Waals surface area (Å²) in [6.45, 7) is 4.81. The van der Waals surface area contributed by atoms with Crippen LogP contribution in [0.15, 0.2) is 0 Å². The predicted molar refractivity (Wildman–Crippen MR) is 57.4 cm³/mol. The number of hydrogen-bond donors (Lipinski definition) is 2. The molecule has 0 aromatic heterocycles. The van der Waals surface area contributed by atoms with Crippen LogP contribution in [-0.4, -0.2) is 37.0 Å². The number of aliphatic hydroxyl groups is 1. The van der Waals surface area contributed by atoms with Gasteiger partial charge in [0, 0.05) is 12.6 Å². The molecule has 0 amide bonds. The summed E-state index contributed by atoms with van der Waals surface area (Å²) in [5.41, 5.74) is 0. The largest absolute Gasteiger partial charge is 0.393 e. The van der Waals surface area contributed by atoms with Crippen LogP contribution < -0.4 is 5.32 Å². The smallest absolute Gasteiger partial charge is 0.0619 e. The summed E-state index contributed by atoms with van der Waals surface area (Å²) in [4.78, 5) is 0. The first kappa shape index (κ1) is 12.0. The van der Waals surface area contributed by atoms with E-state index in [1.807, 2.05) is 6.92 Å². The second-order valence-corrected chi connectivity index (χ2v) is 4.07. The minimum absolute atomic E-state index is 0.112. The van der Waals surface area contributed by atoms with Gasteiger partial charge in [-0.15, -0.1) is 0 Å². The molecular formula is C11H23NO2. The number of aliphatic hydroxyl groups excluding tert-OH is 1. The van der Waals surface area contributed by atoms with E-state index in [-0.39, 0.29) is 6.10 Å². The highest BCUT2D eigenvalue weighted by molar-refractivity contribution is 4.69. The maximum absolute atomic E-state index is 9.34. The molecule has 1 saturated heterocycles. The molecule has 0 bridgehead atoms. The molecule has 2 atom stereocenters. The zero-order valence-corrected chi connectivity index (χ0v) is 9.17. The average molecular weight is 201 g/mol. The highest BCUT2D eigenvalue weighted by atomic mass is 16.5. The Morgan fingerprint density at radius 2 is 2.43 bits per heavy atom. The van der Waals surface area contributed by atoms with Gasteiger partial charge < -0.3 is 15.2 Å². The van der Waals surface area contributed by atoms with Crippen LogP contribution in [-0.2, 0) is 4.74 Å². The SMILES string of the molecule is CCC(O)CCCNC1CCCOC1. The Bertz CT molecular complexity index is 135. The molecule has 3 heteroatoms. The van der Waals surface area contributed by atoms with E-state index in [2.05, 4.69) is 5.32 Å². The van der Waals surface area contributed by atoms with Gasteiger partial charge in [0.25, 0.3) is 0 Å². The molecule has 0 radical (unpaired) electrons. The van der Waals surface area contributed by atoms with Gasteiger partial charge in [-0.1, -0.05) is 6.92 Å². The molecule has 1 fully saturated rings. The minimum Gasteiger partial charge on any atom is -0.393 e. The van der Waals surface area contributed by atoms with Crippen LogP contribution in [0.3, 0.4) is 0 Å². The molecule has 0 spiro atoms. The molecule has 1 aliphatic heterocycles. The fraction of sp³-hybridized carbons (Fsp3) is 1.00. The van der Waals surface area contributed by atoms with E-state index in [1.165, 1.54) is 12.8 Å². The lowest BCUT2D eigenvalue weighted by molar-refractivity contribution is 0.0698. The summed E-state index contributed by atoms with van der Waals surface area (Å²) in [6, 6.07) is 0.544. The lowest BCUT2D eigenvalue weighted by atomic mass is 10.1. The zero-order chi connectivity index (χ0) is 10.2. The second-order valence-electron chi connectivity index (χ2n) is 4.07. The van der Waals surface area contributed by atoms with Crippen molar-refractivity contribution in [2.75, 3.05) is 19.8 Å². The average Bonchev–Trinajstić information content (AvgIpc) is 2.25. The van der Waals surface area contributed by atoms with Gasteiger partial charge in [-0.25, -0.2) is 0 Å². The standard InChI is InChI=1S/C11H23NO2/c1-2-11(13)6-3-7-12-10-5-4-8-14-9-10/h10-13H,2-9H2,1H3. The third-order valence-corrected chi connectivity index (χ3v) is 2.78. The zero-order valence-electron chi connectivity index (χ0n) is 9.17. The lowest BCUT2D eigenvalue weighted by Gasteiger charge is -2.23. The van der Waals surface area contributed by atoms with Gasteiger partial charge in [-0.2, -0.15) is 0 Å². The molecule has 0 saturated carbocycles. The van der Waals surface area contributed by atoms with E-state index in [9.17, 15) is 5.11 Å². The van der Waals surface area contributed by atoms with Gasteiger partial charge in [0.15, 0.2) is 0 Å². The maximum Gasteiger partial charge on any atom is 0.0619 e. The molecule has 84 valence electrons. The monoisotopic (exact) mass is 201 g/mol. The summed E-state index contributed by atoms with van der Waals surface area (Å²) >= 11 is 0. The molecule has 1 heterocycles. The van der Waals surface area contributed by atoms with E-state index >= 15 is 0 Å². The van der Waals surface area contributed by atoms with Crippen molar-refractivity contribution in [1.29, 1.82) is 0 Å². The van der Waals surface area contributed by atoms with Crippen molar-refractivity contribution in [3.05, 3.63) is 0 Å². The quantitative estimate of drug-likeness (QED) is 0.637. The Morgan fingerprint density at radius 1 is 1.57 bits per heavy atom. The Balaban J connectivity index is 1.92. The normalized spacial score (nSPS) is 24.9. The van der Waals surface area contributed by atoms with E-state index < -0.39 is 0 Å². The van der Waals surface area contributed by atoms with E-state index in [1.54, 1.807) is 0 Å². The van der Waals surface area contributed by atoms with Gasteiger partial charge in [0.05, 0.1) is 12.7 Å². The minimum atomic E-state index is -0.112. The lowest BCUT2D eigenvalue weighted by Crippen LogP contribution is -2.37. The second kappa shape index (κ2) is 7.21. The molecule has 0 aromatic carbocycles. The van der Waals surface area contributed by atoms with Gasteiger partial charge in [-0.05, 0) is 38.6 Å². The molecule has 1 aliphatic rings. The van der Waals surface area contributed by atoms with Crippen molar-refractivity contribution in [2.24, 2.45) is 0 Å². The Morgan fingerprint density at radius 3 is 3.07 bits per heavy atom. The van der Waals surface area contributed by atoms with Gasteiger partial charge in [0.1, 0.15) is 0 Å². The molecule has 0 aromatic rings. The maximum atomic E-state index is 9.34. The topological polar surface area (TPSA) is 41.5 Å². The first-order valence-electron chi connectivity index (χ1n) is 5.82. The Hall–Kier alpha value is -0.120.